The Hall–Kier alpha value is -1.20. The minimum atomic E-state index is -0.521. The Morgan fingerprint density at radius 3 is 2.67 bits per heavy atom. The van der Waals surface area contributed by atoms with Crippen molar-refractivity contribution in [2.45, 2.75) is 26.0 Å². The van der Waals surface area contributed by atoms with Gasteiger partial charge in [0.1, 0.15) is 19.0 Å². The summed E-state index contributed by atoms with van der Waals surface area (Å²) in [4.78, 5) is 7.61. The third-order valence-electron chi connectivity index (χ3n) is 1.74. The molecule has 0 bridgehead atoms. The van der Waals surface area contributed by atoms with Crippen LogP contribution in [0.1, 0.15) is 13.8 Å². The van der Waals surface area contributed by atoms with Crippen LogP contribution in [0.4, 0.5) is 0 Å². The topological polar surface area (TPSA) is 67.3 Å². The quantitative estimate of drug-likeness (QED) is 0.704. The van der Waals surface area contributed by atoms with Crippen molar-refractivity contribution >= 4 is 0 Å². The van der Waals surface area contributed by atoms with Crippen molar-refractivity contribution in [2.24, 2.45) is 0 Å². The Morgan fingerprint density at radius 2 is 2.07 bits per heavy atom. The van der Waals surface area contributed by atoms with E-state index in [0.29, 0.717) is 18.3 Å². The molecular formula is C10H17N3O2. The van der Waals surface area contributed by atoms with Crippen molar-refractivity contribution in [1.29, 1.82) is 0 Å². The van der Waals surface area contributed by atoms with Crippen LogP contribution in [0.3, 0.4) is 0 Å². The van der Waals surface area contributed by atoms with Gasteiger partial charge in [-0.15, -0.1) is 0 Å². The minimum absolute atomic E-state index is 0.243. The van der Waals surface area contributed by atoms with E-state index >= 15 is 0 Å². The summed E-state index contributed by atoms with van der Waals surface area (Å²) >= 11 is 0. The largest absolute Gasteiger partial charge is 0.488 e. The molecule has 0 radical (unpaired) electrons. The van der Waals surface area contributed by atoms with Crippen molar-refractivity contribution in [3.63, 3.8) is 0 Å². The molecule has 15 heavy (non-hydrogen) atoms. The highest BCUT2D eigenvalue weighted by Crippen LogP contribution is 2.04. The van der Waals surface area contributed by atoms with Gasteiger partial charge in [0.05, 0.1) is 12.4 Å². The van der Waals surface area contributed by atoms with E-state index in [4.69, 9.17) is 4.74 Å². The molecule has 0 fully saturated rings. The first-order chi connectivity index (χ1) is 7.18. The lowest BCUT2D eigenvalue weighted by Crippen LogP contribution is -2.35. The molecule has 1 unspecified atom stereocenters. The zero-order chi connectivity index (χ0) is 11.1. The minimum Gasteiger partial charge on any atom is -0.488 e. The molecule has 0 aliphatic heterocycles. The molecule has 1 rings (SSSR count). The Balaban J connectivity index is 2.19. The molecule has 1 aromatic heterocycles. The number of ether oxygens (including phenoxy) is 1. The maximum Gasteiger partial charge on any atom is 0.156 e. The number of hydrogen-bond donors (Lipinski definition) is 2. The lowest BCUT2D eigenvalue weighted by Gasteiger charge is -2.14. The van der Waals surface area contributed by atoms with Gasteiger partial charge in [0.25, 0.3) is 0 Å². The van der Waals surface area contributed by atoms with Crippen LogP contribution in [0.2, 0.25) is 0 Å². The molecule has 0 spiro atoms. The third kappa shape index (κ3) is 5.29. The van der Waals surface area contributed by atoms with Crippen LogP contribution in [0.15, 0.2) is 18.7 Å². The molecule has 1 aromatic rings. The molecule has 0 saturated carbocycles. The fourth-order valence-corrected chi connectivity index (χ4v) is 0.983. The molecule has 5 nitrogen and oxygen atoms in total. The molecule has 1 atom stereocenters. The van der Waals surface area contributed by atoms with Gasteiger partial charge in [-0.1, -0.05) is 13.8 Å². The fourth-order valence-electron chi connectivity index (χ4n) is 0.983. The normalized spacial score (nSPS) is 12.8. The van der Waals surface area contributed by atoms with Gasteiger partial charge in [-0.05, 0) is 0 Å². The van der Waals surface area contributed by atoms with Gasteiger partial charge in [-0.2, -0.15) is 0 Å². The summed E-state index contributed by atoms with van der Waals surface area (Å²) in [7, 11) is 0. The van der Waals surface area contributed by atoms with E-state index in [-0.39, 0.29) is 6.61 Å². The lowest BCUT2D eigenvalue weighted by atomic mass is 10.3. The maximum absolute atomic E-state index is 9.53. The summed E-state index contributed by atoms with van der Waals surface area (Å²) in [6.07, 6.45) is 4.04. The predicted molar refractivity (Wildman–Crippen MR) is 56.7 cm³/mol. The molecule has 0 saturated heterocycles. The summed E-state index contributed by atoms with van der Waals surface area (Å²) in [6, 6.07) is 0.361. The summed E-state index contributed by atoms with van der Waals surface area (Å²) in [5, 5.41) is 12.7. The van der Waals surface area contributed by atoms with Crippen LogP contribution >= 0.6 is 0 Å². The second-order valence-corrected chi connectivity index (χ2v) is 3.60. The van der Waals surface area contributed by atoms with Gasteiger partial charge in [0.15, 0.2) is 5.75 Å². The van der Waals surface area contributed by atoms with E-state index in [1.165, 1.54) is 6.33 Å². The van der Waals surface area contributed by atoms with Gasteiger partial charge in [0.2, 0.25) is 0 Å². The third-order valence-corrected chi connectivity index (χ3v) is 1.74. The number of nitrogens with one attached hydrogen (secondary N) is 1. The van der Waals surface area contributed by atoms with E-state index in [0.717, 1.165) is 0 Å². The van der Waals surface area contributed by atoms with Crippen LogP contribution < -0.4 is 10.1 Å². The smallest absolute Gasteiger partial charge is 0.156 e. The number of rotatable bonds is 6. The Labute approximate surface area is 89.5 Å². The van der Waals surface area contributed by atoms with E-state index in [1.807, 2.05) is 13.8 Å². The number of nitrogens with zero attached hydrogens (tertiary/aromatic N) is 2. The number of aliphatic hydroxyl groups is 1. The number of aliphatic hydroxyl groups excluding tert-OH is 1. The predicted octanol–water partition coefficient (Wildman–Crippen LogP) is 0.214. The second kappa shape index (κ2) is 6.31. The monoisotopic (exact) mass is 211 g/mol. The van der Waals surface area contributed by atoms with Gasteiger partial charge in [-0.25, -0.2) is 9.97 Å². The molecule has 0 aliphatic carbocycles. The average Bonchev–Trinajstić information content (AvgIpc) is 2.25. The SMILES string of the molecule is CC(C)NCC(O)COc1cncnc1. The van der Waals surface area contributed by atoms with Gasteiger partial charge in [0, 0.05) is 12.6 Å². The Kier molecular flexibility index (Phi) is 5.00. The van der Waals surface area contributed by atoms with Crippen LogP contribution in [0.5, 0.6) is 5.75 Å². The first-order valence-corrected chi connectivity index (χ1v) is 4.97. The van der Waals surface area contributed by atoms with E-state index in [2.05, 4.69) is 15.3 Å². The van der Waals surface area contributed by atoms with Crippen molar-refractivity contribution in [3.05, 3.63) is 18.7 Å². The molecule has 84 valence electrons. The highest BCUT2D eigenvalue weighted by molar-refractivity contribution is 5.09. The molecule has 0 amide bonds. The Bertz CT molecular complexity index is 267. The number of hydrogen-bond acceptors (Lipinski definition) is 5. The van der Waals surface area contributed by atoms with Crippen molar-refractivity contribution in [1.82, 2.24) is 15.3 Å². The second-order valence-electron chi connectivity index (χ2n) is 3.60. The van der Waals surface area contributed by atoms with Crippen LogP contribution in [0.25, 0.3) is 0 Å². The van der Waals surface area contributed by atoms with Crippen LogP contribution in [-0.4, -0.2) is 40.4 Å². The molecular weight excluding hydrogens is 194 g/mol. The highest BCUT2D eigenvalue weighted by Gasteiger charge is 2.05. The molecule has 0 aliphatic rings. The summed E-state index contributed by atoms with van der Waals surface area (Å²) in [5.74, 6) is 0.570. The number of aromatic nitrogens is 2. The maximum atomic E-state index is 9.53. The molecule has 0 aromatic carbocycles. The molecule has 2 N–H and O–H groups in total. The summed E-state index contributed by atoms with van der Waals surface area (Å²) in [5.41, 5.74) is 0. The summed E-state index contributed by atoms with van der Waals surface area (Å²) < 4.78 is 5.29. The van der Waals surface area contributed by atoms with E-state index in [9.17, 15) is 5.11 Å². The standard InChI is InChI=1S/C10H17N3O2/c1-8(2)13-3-9(14)6-15-10-4-11-7-12-5-10/h4-5,7-9,13-14H,3,6H2,1-2H3. The van der Waals surface area contributed by atoms with Crippen molar-refractivity contribution < 1.29 is 9.84 Å². The van der Waals surface area contributed by atoms with Gasteiger partial charge >= 0.3 is 0 Å². The zero-order valence-electron chi connectivity index (χ0n) is 9.05. The average molecular weight is 211 g/mol. The fraction of sp³-hybridized carbons (Fsp3) is 0.600. The van der Waals surface area contributed by atoms with E-state index in [1.54, 1.807) is 12.4 Å². The first-order valence-electron chi connectivity index (χ1n) is 4.97. The van der Waals surface area contributed by atoms with Crippen molar-refractivity contribution in [3.8, 4) is 5.75 Å². The first kappa shape index (κ1) is 11.9. The molecule has 5 heteroatoms. The van der Waals surface area contributed by atoms with Gasteiger partial charge < -0.3 is 15.2 Å². The highest BCUT2D eigenvalue weighted by atomic mass is 16.5. The molecule has 1 heterocycles. The van der Waals surface area contributed by atoms with Gasteiger partial charge in [-0.3, -0.25) is 0 Å². The zero-order valence-corrected chi connectivity index (χ0v) is 9.05. The van der Waals surface area contributed by atoms with Crippen LogP contribution in [0, 0.1) is 0 Å². The van der Waals surface area contributed by atoms with Crippen molar-refractivity contribution in [2.75, 3.05) is 13.2 Å². The van der Waals surface area contributed by atoms with Crippen LogP contribution in [-0.2, 0) is 0 Å². The Morgan fingerprint density at radius 1 is 1.40 bits per heavy atom. The lowest BCUT2D eigenvalue weighted by molar-refractivity contribution is 0.104. The summed E-state index contributed by atoms with van der Waals surface area (Å²) in [6.45, 7) is 4.82. The van der Waals surface area contributed by atoms with E-state index < -0.39 is 6.10 Å².